The van der Waals surface area contributed by atoms with Gasteiger partial charge in [-0.3, -0.25) is 14.4 Å². The molecule has 6 nitrogen and oxygen atoms in total. The fourth-order valence-corrected chi connectivity index (χ4v) is 3.16. The van der Waals surface area contributed by atoms with Crippen LogP contribution in [0.1, 0.15) is 36.8 Å². The van der Waals surface area contributed by atoms with E-state index in [-0.39, 0.29) is 30.6 Å². The van der Waals surface area contributed by atoms with Crippen LogP contribution in [-0.2, 0) is 25.5 Å². The zero-order valence-electron chi connectivity index (χ0n) is 15.7. The van der Waals surface area contributed by atoms with Crippen LogP contribution < -0.4 is 0 Å². The van der Waals surface area contributed by atoms with Crippen LogP contribution in [-0.4, -0.2) is 60.9 Å². The quantitative estimate of drug-likeness (QED) is 0.727. The maximum atomic E-state index is 12.5. The lowest BCUT2D eigenvalue weighted by atomic mass is 10.1. The summed E-state index contributed by atoms with van der Waals surface area (Å²) in [6, 6.07) is 8.21. The summed E-state index contributed by atoms with van der Waals surface area (Å²) in [6.07, 6.45) is 2.25. The van der Waals surface area contributed by atoms with Gasteiger partial charge in [0.05, 0.1) is 13.5 Å². The van der Waals surface area contributed by atoms with E-state index in [0.29, 0.717) is 32.6 Å². The van der Waals surface area contributed by atoms with Crippen LogP contribution in [0.5, 0.6) is 0 Å². The first kappa shape index (κ1) is 19.9. The SMILES string of the molecule is COC(=O)CCC(=O)N1CCCN(C(=O)CCc2cccc(C)c2)CC1. The van der Waals surface area contributed by atoms with Crippen LogP contribution in [0.2, 0.25) is 0 Å². The second kappa shape index (κ2) is 9.94. The fraction of sp³-hybridized carbons (Fsp3) is 0.550. The number of benzene rings is 1. The van der Waals surface area contributed by atoms with Gasteiger partial charge in [-0.25, -0.2) is 0 Å². The van der Waals surface area contributed by atoms with E-state index in [1.165, 1.54) is 18.2 Å². The van der Waals surface area contributed by atoms with E-state index in [1.54, 1.807) is 4.90 Å². The highest BCUT2D eigenvalue weighted by Crippen LogP contribution is 2.11. The summed E-state index contributed by atoms with van der Waals surface area (Å²) in [5.74, 6) is -0.291. The molecular formula is C20H28N2O4. The average Bonchev–Trinajstić information content (AvgIpc) is 2.90. The van der Waals surface area contributed by atoms with Crippen molar-refractivity contribution in [3.8, 4) is 0 Å². The number of hydrogen-bond donors (Lipinski definition) is 0. The number of rotatable bonds is 6. The lowest BCUT2D eigenvalue weighted by molar-refractivity contribution is -0.143. The first-order valence-electron chi connectivity index (χ1n) is 9.17. The Labute approximate surface area is 155 Å². The highest BCUT2D eigenvalue weighted by atomic mass is 16.5. The van der Waals surface area contributed by atoms with Crippen molar-refractivity contribution in [3.05, 3.63) is 35.4 Å². The van der Waals surface area contributed by atoms with E-state index in [2.05, 4.69) is 10.8 Å². The van der Waals surface area contributed by atoms with Gasteiger partial charge in [-0.1, -0.05) is 29.8 Å². The molecule has 1 aromatic rings. The zero-order valence-corrected chi connectivity index (χ0v) is 15.7. The predicted octanol–water partition coefficient (Wildman–Crippen LogP) is 1.94. The Kier molecular flexibility index (Phi) is 7.63. The zero-order chi connectivity index (χ0) is 18.9. The molecule has 26 heavy (non-hydrogen) atoms. The van der Waals surface area contributed by atoms with Crippen molar-refractivity contribution >= 4 is 17.8 Å². The first-order valence-corrected chi connectivity index (χ1v) is 9.17. The molecule has 1 saturated heterocycles. The molecule has 0 N–H and O–H groups in total. The number of methoxy groups -OCH3 is 1. The lowest BCUT2D eigenvalue weighted by Gasteiger charge is -2.22. The molecule has 0 aliphatic carbocycles. The van der Waals surface area contributed by atoms with Gasteiger partial charge in [-0.05, 0) is 25.3 Å². The maximum absolute atomic E-state index is 12.5. The van der Waals surface area contributed by atoms with E-state index >= 15 is 0 Å². The molecule has 1 aliphatic rings. The smallest absolute Gasteiger partial charge is 0.306 e. The summed E-state index contributed by atoms with van der Waals surface area (Å²) in [5.41, 5.74) is 2.37. The molecule has 1 aliphatic heterocycles. The summed E-state index contributed by atoms with van der Waals surface area (Å²) in [7, 11) is 1.32. The number of carbonyl (C=O) groups excluding carboxylic acids is 3. The van der Waals surface area contributed by atoms with E-state index in [9.17, 15) is 14.4 Å². The third-order valence-electron chi connectivity index (χ3n) is 4.68. The Bertz CT molecular complexity index is 644. The van der Waals surface area contributed by atoms with Crippen molar-refractivity contribution in [2.24, 2.45) is 0 Å². The molecule has 2 amide bonds. The van der Waals surface area contributed by atoms with Gasteiger partial charge < -0.3 is 14.5 Å². The average molecular weight is 360 g/mol. The van der Waals surface area contributed by atoms with Gasteiger partial charge in [-0.2, -0.15) is 0 Å². The molecular weight excluding hydrogens is 332 g/mol. The van der Waals surface area contributed by atoms with E-state index in [4.69, 9.17) is 0 Å². The Morgan fingerprint density at radius 3 is 2.23 bits per heavy atom. The summed E-state index contributed by atoms with van der Waals surface area (Å²) >= 11 is 0. The monoisotopic (exact) mass is 360 g/mol. The third-order valence-corrected chi connectivity index (χ3v) is 4.68. The molecule has 1 fully saturated rings. The van der Waals surface area contributed by atoms with Crippen LogP contribution >= 0.6 is 0 Å². The Hall–Kier alpha value is -2.37. The van der Waals surface area contributed by atoms with Crippen molar-refractivity contribution in [2.75, 3.05) is 33.3 Å². The van der Waals surface area contributed by atoms with Crippen molar-refractivity contribution in [1.82, 2.24) is 9.80 Å². The minimum Gasteiger partial charge on any atom is -0.469 e. The second-order valence-electron chi connectivity index (χ2n) is 6.68. The number of ether oxygens (including phenoxy) is 1. The third kappa shape index (κ3) is 6.17. The number of aryl methyl sites for hydroxylation is 2. The van der Waals surface area contributed by atoms with Crippen LogP contribution in [0.15, 0.2) is 24.3 Å². The molecule has 0 spiro atoms. The maximum Gasteiger partial charge on any atom is 0.306 e. The number of esters is 1. The van der Waals surface area contributed by atoms with E-state index in [1.807, 2.05) is 30.0 Å². The number of nitrogens with zero attached hydrogens (tertiary/aromatic N) is 2. The predicted molar refractivity (Wildman–Crippen MR) is 98.5 cm³/mol. The lowest BCUT2D eigenvalue weighted by Crippen LogP contribution is -2.37. The van der Waals surface area contributed by atoms with Gasteiger partial charge in [0.1, 0.15) is 0 Å². The standard InChI is InChI=1S/C20H28N2O4/c1-16-5-3-6-17(15-16)7-8-18(23)21-11-4-12-22(14-13-21)19(24)9-10-20(25)26-2/h3,5-6,15H,4,7-14H2,1-2H3. The second-order valence-corrected chi connectivity index (χ2v) is 6.68. The number of hydrogen-bond acceptors (Lipinski definition) is 4. The Morgan fingerprint density at radius 1 is 0.962 bits per heavy atom. The van der Waals surface area contributed by atoms with Crippen molar-refractivity contribution in [1.29, 1.82) is 0 Å². The van der Waals surface area contributed by atoms with Gasteiger partial charge in [0.25, 0.3) is 0 Å². The number of amides is 2. The van der Waals surface area contributed by atoms with Gasteiger partial charge >= 0.3 is 5.97 Å². The van der Waals surface area contributed by atoms with Crippen LogP contribution in [0, 0.1) is 6.92 Å². The van der Waals surface area contributed by atoms with Gasteiger partial charge in [0.15, 0.2) is 0 Å². The highest BCUT2D eigenvalue weighted by molar-refractivity contribution is 5.81. The summed E-state index contributed by atoms with van der Waals surface area (Å²) in [5, 5.41) is 0. The van der Waals surface area contributed by atoms with Gasteiger partial charge in [0.2, 0.25) is 11.8 Å². The molecule has 1 aromatic carbocycles. The first-order chi connectivity index (χ1) is 12.5. The molecule has 0 bridgehead atoms. The molecule has 142 valence electrons. The van der Waals surface area contributed by atoms with E-state index in [0.717, 1.165) is 12.8 Å². The van der Waals surface area contributed by atoms with Crippen molar-refractivity contribution in [3.63, 3.8) is 0 Å². The Balaban J connectivity index is 1.78. The molecule has 0 unspecified atom stereocenters. The molecule has 1 heterocycles. The topological polar surface area (TPSA) is 66.9 Å². The summed E-state index contributed by atoms with van der Waals surface area (Å²) in [4.78, 5) is 39.5. The van der Waals surface area contributed by atoms with Crippen LogP contribution in [0.25, 0.3) is 0 Å². The molecule has 0 atom stereocenters. The largest absolute Gasteiger partial charge is 0.469 e. The molecule has 0 radical (unpaired) electrons. The molecule has 0 aromatic heterocycles. The fourth-order valence-electron chi connectivity index (χ4n) is 3.16. The normalized spacial score (nSPS) is 14.7. The summed E-state index contributed by atoms with van der Waals surface area (Å²) in [6.45, 7) is 4.42. The molecule has 6 heteroatoms. The van der Waals surface area contributed by atoms with Gasteiger partial charge in [0, 0.05) is 39.0 Å². The summed E-state index contributed by atoms with van der Waals surface area (Å²) < 4.78 is 4.57. The van der Waals surface area contributed by atoms with Crippen LogP contribution in [0.4, 0.5) is 0 Å². The minimum atomic E-state index is -0.374. The highest BCUT2D eigenvalue weighted by Gasteiger charge is 2.22. The van der Waals surface area contributed by atoms with Crippen molar-refractivity contribution < 1.29 is 19.1 Å². The van der Waals surface area contributed by atoms with Gasteiger partial charge in [-0.15, -0.1) is 0 Å². The minimum absolute atomic E-state index is 0.0514. The van der Waals surface area contributed by atoms with Crippen molar-refractivity contribution in [2.45, 2.75) is 39.0 Å². The number of carbonyl (C=O) groups is 3. The van der Waals surface area contributed by atoms with E-state index < -0.39 is 0 Å². The Morgan fingerprint density at radius 2 is 1.62 bits per heavy atom. The molecule has 2 rings (SSSR count). The van der Waals surface area contributed by atoms with Crippen LogP contribution in [0.3, 0.4) is 0 Å². The molecule has 0 saturated carbocycles.